The Balaban J connectivity index is 1.81. The smallest absolute Gasteiger partial charge is 0.143 e. The first-order chi connectivity index (χ1) is 13.7. The molecule has 3 atom stereocenters. The SMILES string of the molecule is O[C@H]1C[C@H](COC(c2ccccc2)(c2ccccc2)c2ccccc2)[C@@H](O)C1. The minimum Gasteiger partial charge on any atom is -0.393 e. The van der Waals surface area contributed by atoms with Crippen LogP contribution in [0.25, 0.3) is 0 Å². The summed E-state index contributed by atoms with van der Waals surface area (Å²) in [4.78, 5) is 0. The van der Waals surface area contributed by atoms with Crippen molar-refractivity contribution in [3.63, 3.8) is 0 Å². The topological polar surface area (TPSA) is 49.7 Å². The van der Waals surface area contributed by atoms with Gasteiger partial charge in [0, 0.05) is 5.92 Å². The van der Waals surface area contributed by atoms with Crippen molar-refractivity contribution in [3.05, 3.63) is 108 Å². The average molecular weight is 374 g/mol. The first-order valence-corrected chi connectivity index (χ1v) is 9.87. The van der Waals surface area contributed by atoms with E-state index < -0.39 is 17.8 Å². The summed E-state index contributed by atoms with van der Waals surface area (Å²) in [5, 5.41) is 20.3. The number of hydrogen-bond donors (Lipinski definition) is 2. The normalized spacial score (nSPS) is 22.3. The highest BCUT2D eigenvalue weighted by Gasteiger charge is 2.40. The van der Waals surface area contributed by atoms with Crippen LogP contribution >= 0.6 is 0 Å². The van der Waals surface area contributed by atoms with Crippen molar-refractivity contribution in [2.24, 2.45) is 5.92 Å². The quantitative estimate of drug-likeness (QED) is 0.638. The molecule has 1 fully saturated rings. The van der Waals surface area contributed by atoms with Crippen molar-refractivity contribution in [1.82, 2.24) is 0 Å². The van der Waals surface area contributed by atoms with Crippen LogP contribution < -0.4 is 0 Å². The molecule has 0 spiro atoms. The number of hydrogen-bond acceptors (Lipinski definition) is 3. The highest BCUT2D eigenvalue weighted by atomic mass is 16.5. The molecular weight excluding hydrogens is 348 g/mol. The maximum absolute atomic E-state index is 10.3. The van der Waals surface area contributed by atoms with Gasteiger partial charge in [-0.25, -0.2) is 0 Å². The lowest BCUT2D eigenvalue weighted by Crippen LogP contribution is -2.35. The van der Waals surface area contributed by atoms with Crippen LogP contribution in [0.4, 0.5) is 0 Å². The van der Waals surface area contributed by atoms with Gasteiger partial charge >= 0.3 is 0 Å². The Kier molecular flexibility index (Phi) is 5.58. The summed E-state index contributed by atoms with van der Waals surface area (Å²) in [6.45, 7) is 0.372. The van der Waals surface area contributed by atoms with Gasteiger partial charge in [0.1, 0.15) is 5.60 Å². The Labute approximate surface area is 166 Å². The fourth-order valence-corrected chi connectivity index (χ4v) is 4.25. The van der Waals surface area contributed by atoms with Crippen molar-refractivity contribution in [3.8, 4) is 0 Å². The van der Waals surface area contributed by atoms with E-state index >= 15 is 0 Å². The van der Waals surface area contributed by atoms with Gasteiger partial charge in [0.25, 0.3) is 0 Å². The molecule has 0 aromatic heterocycles. The maximum atomic E-state index is 10.3. The molecule has 0 radical (unpaired) electrons. The molecular formula is C25H26O3. The average Bonchev–Trinajstić information content (AvgIpc) is 3.08. The molecule has 0 aliphatic heterocycles. The standard InChI is InChI=1S/C25H26O3/c26-23-16-19(24(27)17-23)18-28-25(20-10-4-1-5-11-20,21-12-6-2-7-13-21)22-14-8-3-9-15-22/h1-15,19,23-24,26-27H,16-18H2/t19-,23+,24+/m1/s1. The third-order valence-corrected chi connectivity index (χ3v) is 5.69. The number of aliphatic hydroxyl groups excluding tert-OH is 2. The van der Waals surface area contributed by atoms with Crippen molar-refractivity contribution < 1.29 is 14.9 Å². The zero-order valence-corrected chi connectivity index (χ0v) is 15.8. The van der Waals surface area contributed by atoms with Crippen LogP contribution in [0.3, 0.4) is 0 Å². The van der Waals surface area contributed by atoms with Crippen LogP contribution in [0.15, 0.2) is 91.0 Å². The lowest BCUT2D eigenvalue weighted by molar-refractivity contribution is -0.0298. The number of rotatable bonds is 6. The van der Waals surface area contributed by atoms with E-state index in [4.69, 9.17) is 4.74 Å². The second kappa shape index (κ2) is 8.27. The van der Waals surface area contributed by atoms with Gasteiger partial charge in [-0.15, -0.1) is 0 Å². The highest BCUT2D eigenvalue weighted by Crippen LogP contribution is 2.41. The summed E-state index contributed by atoms with van der Waals surface area (Å²) in [5.74, 6) is -0.0782. The number of ether oxygens (including phenoxy) is 1. The van der Waals surface area contributed by atoms with Gasteiger partial charge in [0.15, 0.2) is 0 Å². The predicted molar refractivity (Wildman–Crippen MR) is 110 cm³/mol. The Bertz CT molecular complexity index is 767. The molecule has 0 heterocycles. The minimum atomic E-state index is -0.781. The van der Waals surface area contributed by atoms with Crippen molar-refractivity contribution in [1.29, 1.82) is 0 Å². The number of benzene rings is 3. The third kappa shape index (κ3) is 3.61. The molecule has 2 N–H and O–H groups in total. The molecule has 0 amide bonds. The van der Waals surface area contributed by atoms with Gasteiger partial charge in [-0.2, -0.15) is 0 Å². The molecule has 0 unspecified atom stereocenters. The maximum Gasteiger partial charge on any atom is 0.143 e. The van der Waals surface area contributed by atoms with E-state index in [0.29, 0.717) is 19.4 Å². The zero-order chi connectivity index (χ0) is 19.4. The largest absolute Gasteiger partial charge is 0.393 e. The van der Waals surface area contributed by atoms with Crippen LogP contribution in [-0.2, 0) is 10.3 Å². The highest BCUT2D eigenvalue weighted by molar-refractivity contribution is 5.47. The second-order valence-electron chi connectivity index (χ2n) is 7.54. The monoisotopic (exact) mass is 374 g/mol. The van der Waals surface area contributed by atoms with Crippen molar-refractivity contribution in [2.45, 2.75) is 30.7 Å². The van der Waals surface area contributed by atoms with Crippen LogP contribution in [0.1, 0.15) is 29.5 Å². The van der Waals surface area contributed by atoms with Gasteiger partial charge in [-0.05, 0) is 29.5 Å². The minimum absolute atomic E-state index is 0.0782. The molecule has 3 aromatic carbocycles. The second-order valence-corrected chi connectivity index (χ2v) is 7.54. The summed E-state index contributed by atoms with van der Waals surface area (Å²) in [6, 6.07) is 30.6. The Morgan fingerprint density at radius 1 is 0.679 bits per heavy atom. The summed E-state index contributed by atoms with van der Waals surface area (Å²) < 4.78 is 6.72. The van der Waals surface area contributed by atoms with Crippen LogP contribution in [0.5, 0.6) is 0 Å². The van der Waals surface area contributed by atoms with Gasteiger partial charge < -0.3 is 14.9 Å². The Hall–Kier alpha value is -2.46. The molecule has 144 valence electrons. The van der Waals surface area contributed by atoms with Crippen molar-refractivity contribution >= 4 is 0 Å². The molecule has 3 heteroatoms. The van der Waals surface area contributed by atoms with E-state index in [9.17, 15) is 10.2 Å². The first-order valence-electron chi connectivity index (χ1n) is 9.87. The Morgan fingerprint density at radius 3 is 1.46 bits per heavy atom. The summed E-state index contributed by atoms with van der Waals surface area (Å²) >= 11 is 0. The molecule has 1 aliphatic carbocycles. The molecule has 3 nitrogen and oxygen atoms in total. The predicted octanol–water partition coefficient (Wildman–Crippen LogP) is 4.13. The summed E-state index contributed by atoms with van der Waals surface area (Å²) in [6.07, 6.45) is -0.00301. The molecule has 0 bridgehead atoms. The number of aliphatic hydroxyl groups is 2. The molecule has 1 aliphatic rings. The summed E-state index contributed by atoms with van der Waals surface area (Å²) in [7, 11) is 0. The first kappa shape index (κ1) is 18.9. The molecule has 3 aromatic rings. The van der Waals surface area contributed by atoms with Gasteiger partial charge in [0.2, 0.25) is 0 Å². The third-order valence-electron chi connectivity index (χ3n) is 5.69. The van der Waals surface area contributed by atoms with Crippen molar-refractivity contribution in [2.75, 3.05) is 6.61 Å². The zero-order valence-electron chi connectivity index (χ0n) is 15.8. The van der Waals surface area contributed by atoms with E-state index in [0.717, 1.165) is 16.7 Å². The van der Waals surface area contributed by atoms with E-state index in [1.54, 1.807) is 0 Å². The van der Waals surface area contributed by atoms with E-state index in [-0.39, 0.29) is 5.92 Å². The van der Waals surface area contributed by atoms with Gasteiger partial charge in [-0.3, -0.25) is 0 Å². The van der Waals surface area contributed by atoms with Crippen LogP contribution in [0, 0.1) is 5.92 Å². The fraction of sp³-hybridized carbons (Fsp3) is 0.280. The molecule has 0 saturated heterocycles. The molecule has 4 rings (SSSR count). The van der Waals surface area contributed by atoms with E-state index in [2.05, 4.69) is 36.4 Å². The summed E-state index contributed by atoms with van der Waals surface area (Å²) in [5.41, 5.74) is 2.35. The molecule has 1 saturated carbocycles. The lowest BCUT2D eigenvalue weighted by atomic mass is 9.80. The van der Waals surface area contributed by atoms with Crippen LogP contribution in [0.2, 0.25) is 0 Å². The van der Waals surface area contributed by atoms with Crippen LogP contribution in [-0.4, -0.2) is 29.0 Å². The van der Waals surface area contributed by atoms with E-state index in [1.807, 2.05) is 54.6 Å². The Morgan fingerprint density at radius 2 is 1.11 bits per heavy atom. The lowest BCUT2D eigenvalue weighted by Gasteiger charge is -2.37. The van der Waals surface area contributed by atoms with Gasteiger partial charge in [0.05, 0.1) is 18.8 Å². The van der Waals surface area contributed by atoms with E-state index in [1.165, 1.54) is 0 Å². The van der Waals surface area contributed by atoms with Gasteiger partial charge in [-0.1, -0.05) is 91.0 Å². The fourth-order valence-electron chi connectivity index (χ4n) is 4.25. The molecule has 28 heavy (non-hydrogen) atoms.